The Labute approximate surface area is 204 Å². The van der Waals surface area contributed by atoms with Gasteiger partial charge in [0.2, 0.25) is 0 Å². The summed E-state index contributed by atoms with van der Waals surface area (Å²) in [5.74, 6) is -0.896. The molecule has 2 unspecified atom stereocenters. The van der Waals surface area contributed by atoms with E-state index in [1.54, 1.807) is 24.3 Å². The Morgan fingerprint density at radius 2 is 1.49 bits per heavy atom. The Kier molecular flexibility index (Phi) is 7.80. The van der Waals surface area contributed by atoms with Crippen LogP contribution in [0.1, 0.15) is 47.1 Å². The predicted octanol–water partition coefficient (Wildman–Crippen LogP) is 4.03. The summed E-state index contributed by atoms with van der Waals surface area (Å²) >= 11 is 0. The van der Waals surface area contributed by atoms with Gasteiger partial charge >= 0.3 is 12.1 Å². The van der Waals surface area contributed by atoms with Crippen molar-refractivity contribution in [1.29, 1.82) is 0 Å². The summed E-state index contributed by atoms with van der Waals surface area (Å²) in [6.45, 7) is 0.352. The molecule has 0 saturated heterocycles. The standard InChI is InChI=1S/C28H29NO6/c30-25(27(33)19-12-9-18(10-13-19)11-14-26(31)32)15-16-29-28(34)35-17-24-22-7-3-1-5-20(22)21-6-2-4-8-23(21)24/h1-10,12-13,24-25,27,30,33H,11,14-17H2,(H,29,34)(H,31,32). The second-order valence-corrected chi connectivity index (χ2v) is 8.69. The van der Waals surface area contributed by atoms with Crippen LogP contribution in [-0.4, -0.2) is 46.6 Å². The van der Waals surface area contributed by atoms with Gasteiger partial charge in [-0.2, -0.15) is 0 Å². The van der Waals surface area contributed by atoms with Gasteiger partial charge in [-0.15, -0.1) is 0 Å². The lowest BCUT2D eigenvalue weighted by Gasteiger charge is -2.19. The predicted molar refractivity (Wildman–Crippen MR) is 131 cm³/mol. The summed E-state index contributed by atoms with van der Waals surface area (Å²) < 4.78 is 5.48. The molecule has 7 nitrogen and oxygen atoms in total. The molecule has 3 aromatic rings. The first-order valence-electron chi connectivity index (χ1n) is 11.7. The number of ether oxygens (including phenoxy) is 1. The quantitative estimate of drug-likeness (QED) is 0.352. The van der Waals surface area contributed by atoms with Crippen molar-refractivity contribution in [3.05, 3.63) is 95.1 Å². The molecule has 4 N–H and O–H groups in total. The van der Waals surface area contributed by atoms with Crippen molar-refractivity contribution in [2.75, 3.05) is 13.2 Å². The molecule has 0 aromatic heterocycles. The summed E-state index contributed by atoms with van der Waals surface area (Å²) in [5.41, 5.74) is 5.95. The fraction of sp³-hybridized carbons (Fsp3) is 0.286. The van der Waals surface area contributed by atoms with Crippen molar-refractivity contribution < 1.29 is 29.6 Å². The third kappa shape index (κ3) is 5.88. The number of hydrogen-bond donors (Lipinski definition) is 4. The summed E-state index contributed by atoms with van der Waals surface area (Å²) in [7, 11) is 0. The summed E-state index contributed by atoms with van der Waals surface area (Å²) in [6.07, 6.45) is -2.19. The summed E-state index contributed by atoms with van der Waals surface area (Å²) in [5, 5.41) is 32.1. The van der Waals surface area contributed by atoms with Gasteiger partial charge in [0, 0.05) is 18.9 Å². The highest BCUT2D eigenvalue weighted by Gasteiger charge is 2.29. The van der Waals surface area contributed by atoms with Gasteiger partial charge in [0.1, 0.15) is 12.7 Å². The average Bonchev–Trinajstić information content (AvgIpc) is 3.19. The van der Waals surface area contributed by atoms with E-state index in [1.165, 1.54) is 0 Å². The number of benzene rings is 3. The molecule has 3 aromatic carbocycles. The molecule has 0 bridgehead atoms. The van der Waals surface area contributed by atoms with Crippen molar-refractivity contribution in [2.24, 2.45) is 0 Å². The fourth-order valence-electron chi connectivity index (χ4n) is 4.48. The van der Waals surface area contributed by atoms with Gasteiger partial charge in [-0.25, -0.2) is 4.79 Å². The first kappa shape index (κ1) is 24.4. The fourth-order valence-corrected chi connectivity index (χ4v) is 4.48. The zero-order valence-corrected chi connectivity index (χ0v) is 19.3. The highest BCUT2D eigenvalue weighted by atomic mass is 16.5. The van der Waals surface area contributed by atoms with Crippen LogP contribution in [0.4, 0.5) is 4.79 Å². The van der Waals surface area contributed by atoms with Gasteiger partial charge in [-0.3, -0.25) is 4.79 Å². The molecule has 2 atom stereocenters. The molecule has 35 heavy (non-hydrogen) atoms. The highest BCUT2D eigenvalue weighted by molar-refractivity contribution is 5.79. The van der Waals surface area contributed by atoms with Crippen LogP contribution in [-0.2, 0) is 16.0 Å². The molecule has 0 spiro atoms. The van der Waals surface area contributed by atoms with E-state index < -0.39 is 24.3 Å². The molecular formula is C28H29NO6. The third-order valence-electron chi connectivity index (χ3n) is 6.37. The molecule has 182 valence electrons. The van der Waals surface area contributed by atoms with E-state index in [1.807, 2.05) is 24.3 Å². The van der Waals surface area contributed by atoms with Gasteiger partial charge in [0.15, 0.2) is 0 Å². The minimum absolute atomic E-state index is 0.0287. The van der Waals surface area contributed by atoms with E-state index >= 15 is 0 Å². The lowest BCUT2D eigenvalue weighted by Crippen LogP contribution is -2.30. The number of aliphatic carboxylic acids is 1. The molecule has 0 heterocycles. The maximum atomic E-state index is 12.3. The molecule has 7 heteroatoms. The van der Waals surface area contributed by atoms with E-state index in [0.29, 0.717) is 12.0 Å². The van der Waals surface area contributed by atoms with Crippen molar-refractivity contribution in [3.63, 3.8) is 0 Å². The lowest BCUT2D eigenvalue weighted by molar-refractivity contribution is -0.136. The summed E-state index contributed by atoms with van der Waals surface area (Å²) in [4.78, 5) is 23.0. The zero-order valence-electron chi connectivity index (χ0n) is 19.3. The number of carboxylic acids is 1. The highest BCUT2D eigenvalue weighted by Crippen LogP contribution is 2.44. The molecule has 1 aliphatic rings. The molecule has 0 aliphatic heterocycles. The Hall–Kier alpha value is -3.68. The molecule has 1 amide bonds. The molecular weight excluding hydrogens is 446 g/mol. The summed E-state index contributed by atoms with van der Waals surface area (Å²) in [6, 6.07) is 23.0. The first-order chi connectivity index (χ1) is 16.9. The van der Waals surface area contributed by atoms with Crippen LogP contribution in [0.15, 0.2) is 72.8 Å². The number of hydrogen-bond acceptors (Lipinski definition) is 5. The van der Waals surface area contributed by atoms with Crippen LogP contribution in [0, 0.1) is 0 Å². The number of aryl methyl sites for hydroxylation is 1. The Balaban J connectivity index is 1.23. The average molecular weight is 476 g/mol. The van der Waals surface area contributed by atoms with E-state index in [0.717, 1.165) is 27.8 Å². The third-order valence-corrected chi connectivity index (χ3v) is 6.37. The SMILES string of the molecule is O=C(O)CCc1ccc(C(O)C(O)CCNC(=O)OCC2c3ccccc3-c3ccccc32)cc1. The number of carboxylic acid groups (broad SMARTS) is 1. The normalized spacial score (nSPS) is 14.0. The van der Waals surface area contributed by atoms with E-state index in [4.69, 9.17) is 9.84 Å². The van der Waals surface area contributed by atoms with Gasteiger partial charge in [-0.05, 0) is 46.2 Å². The topological polar surface area (TPSA) is 116 Å². The number of nitrogens with one attached hydrogen (secondary N) is 1. The van der Waals surface area contributed by atoms with Crippen molar-refractivity contribution in [3.8, 4) is 11.1 Å². The van der Waals surface area contributed by atoms with Gasteiger partial charge in [0.05, 0.1) is 6.10 Å². The number of fused-ring (bicyclic) bond motifs is 3. The van der Waals surface area contributed by atoms with Gasteiger partial charge in [0.25, 0.3) is 0 Å². The van der Waals surface area contributed by atoms with E-state index in [-0.39, 0.29) is 31.9 Å². The second-order valence-electron chi connectivity index (χ2n) is 8.69. The minimum atomic E-state index is -1.12. The number of amides is 1. The smallest absolute Gasteiger partial charge is 0.407 e. The lowest BCUT2D eigenvalue weighted by atomic mass is 9.98. The molecule has 0 fully saturated rings. The van der Waals surface area contributed by atoms with Crippen LogP contribution in [0.25, 0.3) is 11.1 Å². The van der Waals surface area contributed by atoms with Gasteiger partial charge < -0.3 is 25.4 Å². The monoisotopic (exact) mass is 475 g/mol. The molecule has 1 aliphatic carbocycles. The van der Waals surface area contributed by atoms with Crippen LogP contribution in [0.5, 0.6) is 0 Å². The largest absolute Gasteiger partial charge is 0.481 e. The number of alkyl carbamates (subject to hydrolysis) is 1. The van der Waals surface area contributed by atoms with Crippen LogP contribution >= 0.6 is 0 Å². The van der Waals surface area contributed by atoms with E-state index in [9.17, 15) is 19.8 Å². The first-order valence-corrected chi connectivity index (χ1v) is 11.7. The van der Waals surface area contributed by atoms with Crippen LogP contribution in [0.2, 0.25) is 0 Å². The Morgan fingerprint density at radius 1 is 0.886 bits per heavy atom. The van der Waals surface area contributed by atoms with Crippen LogP contribution in [0.3, 0.4) is 0 Å². The Morgan fingerprint density at radius 3 is 2.09 bits per heavy atom. The maximum absolute atomic E-state index is 12.3. The van der Waals surface area contributed by atoms with Crippen molar-refractivity contribution in [2.45, 2.75) is 37.4 Å². The zero-order chi connectivity index (χ0) is 24.8. The second kappa shape index (κ2) is 11.2. The number of carbonyl (C=O) groups is 2. The number of carbonyl (C=O) groups excluding carboxylic acids is 1. The number of rotatable bonds is 10. The van der Waals surface area contributed by atoms with Gasteiger partial charge in [-0.1, -0.05) is 72.8 Å². The minimum Gasteiger partial charge on any atom is -0.481 e. The van der Waals surface area contributed by atoms with Crippen molar-refractivity contribution >= 4 is 12.1 Å². The van der Waals surface area contributed by atoms with Crippen LogP contribution < -0.4 is 5.32 Å². The molecule has 0 radical (unpaired) electrons. The molecule has 0 saturated carbocycles. The van der Waals surface area contributed by atoms with Crippen molar-refractivity contribution in [1.82, 2.24) is 5.32 Å². The van der Waals surface area contributed by atoms with E-state index in [2.05, 4.69) is 29.6 Å². The Bertz CT molecular complexity index is 1130. The maximum Gasteiger partial charge on any atom is 0.407 e. The number of aliphatic hydroxyl groups excluding tert-OH is 2. The number of aliphatic hydroxyl groups is 2. The molecule has 4 rings (SSSR count).